The van der Waals surface area contributed by atoms with Gasteiger partial charge >= 0.3 is 11.1 Å². The van der Waals surface area contributed by atoms with Crippen LogP contribution in [0.4, 0.5) is 0 Å². The number of hydrogen-bond acceptors (Lipinski definition) is 4. The molecule has 0 atom stereocenters. The Kier molecular flexibility index (Phi) is 6.96. The first-order valence-electron chi connectivity index (χ1n) is 8.20. The van der Waals surface area contributed by atoms with Crippen LogP contribution < -0.4 is 22.2 Å². The van der Waals surface area contributed by atoms with Gasteiger partial charge in [-0.25, -0.2) is 0 Å². The average molecular weight is 369 g/mol. The van der Waals surface area contributed by atoms with Gasteiger partial charge in [-0.05, 0) is 38.0 Å². The van der Waals surface area contributed by atoms with Gasteiger partial charge in [-0.15, -0.1) is 12.4 Å². The van der Waals surface area contributed by atoms with Crippen LogP contribution in [0.25, 0.3) is 11.0 Å². The van der Waals surface area contributed by atoms with Gasteiger partial charge in [0.05, 0.1) is 16.6 Å². The molecule has 1 heterocycles. The number of H-pyrrole nitrogens is 1. The number of amides is 1. The summed E-state index contributed by atoms with van der Waals surface area (Å²) in [7, 11) is 0. The fourth-order valence-electron chi connectivity index (χ4n) is 2.81. The standard InChI is InChI=1S/C17H24N4O3.ClH/c1-4-17(5-2,10-18)20-14(22)11-7-8-13-12(9-11)19-15(23)16(24)21(13)6-3;/h7-9H,4-6,10,18H2,1-3H3,(H,19,23)(H,20,22);1H. The highest BCUT2D eigenvalue weighted by Gasteiger charge is 2.26. The van der Waals surface area contributed by atoms with Gasteiger partial charge in [-0.1, -0.05) is 13.8 Å². The number of nitrogens with zero attached hydrogens (tertiary/aromatic N) is 1. The Labute approximate surface area is 152 Å². The fraction of sp³-hybridized carbons (Fsp3) is 0.471. The normalized spacial score (nSPS) is 11.2. The number of halogens is 1. The molecular weight excluding hydrogens is 344 g/mol. The molecule has 0 unspecified atom stereocenters. The minimum absolute atomic E-state index is 0. The van der Waals surface area contributed by atoms with Crippen LogP contribution in [0, 0.1) is 0 Å². The van der Waals surface area contributed by atoms with Crippen LogP contribution in [-0.2, 0) is 6.54 Å². The quantitative estimate of drug-likeness (QED) is 0.669. The third kappa shape index (κ3) is 3.93. The van der Waals surface area contributed by atoms with Crippen molar-refractivity contribution in [1.29, 1.82) is 0 Å². The van der Waals surface area contributed by atoms with Gasteiger partial charge < -0.3 is 20.6 Å². The molecule has 0 fully saturated rings. The molecule has 0 saturated carbocycles. The van der Waals surface area contributed by atoms with Gasteiger partial charge in [0, 0.05) is 18.7 Å². The lowest BCUT2D eigenvalue weighted by molar-refractivity contribution is 0.0895. The van der Waals surface area contributed by atoms with E-state index in [9.17, 15) is 14.4 Å². The number of hydrogen-bond donors (Lipinski definition) is 3. The van der Waals surface area contributed by atoms with E-state index in [0.717, 1.165) is 12.8 Å². The zero-order chi connectivity index (χ0) is 17.9. The molecule has 0 saturated heterocycles. The van der Waals surface area contributed by atoms with Crippen LogP contribution in [0.1, 0.15) is 44.0 Å². The van der Waals surface area contributed by atoms with E-state index in [1.807, 2.05) is 13.8 Å². The molecule has 2 rings (SSSR count). The van der Waals surface area contributed by atoms with Crippen molar-refractivity contribution in [3.63, 3.8) is 0 Å². The smallest absolute Gasteiger partial charge is 0.316 e. The summed E-state index contributed by atoms with van der Waals surface area (Å²) >= 11 is 0. The van der Waals surface area contributed by atoms with E-state index in [0.29, 0.717) is 29.7 Å². The number of nitrogens with one attached hydrogen (secondary N) is 2. The number of aryl methyl sites for hydroxylation is 1. The summed E-state index contributed by atoms with van der Waals surface area (Å²) in [4.78, 5) is 38.7. The number of aromatic nitrogens is 2. The number of carbonyl (C=O) groups is 1. The number of aromatic amines is 1. The SMILES string of the molecule is CCn1c(=O)c(=O)[nH]c2cc(C(=O)NC(CC)(CC)CN)ccc21.Cl. The molecule has 0 aliphatic rings. The number of carbonyl (C=O) groups excluding carboxylic acids is 1. The summed E-state index contributed by atoms with van der Waals surface area (Å²) in [5, 5.41) is 2.99. The van der Waals surface area contributed by atoms with Crippen LogP contribution in [-0.4, -0.2) is 27.5 Å². The zero-order valence-electron chi connectivity index (χ0n) is 14.7. The van der Waals surface area contributed by atoms with Gasteiger partial charge in [0.2, 0.25) is 0 Å². The lowest BCUT2D eigenvalue weighted by atomic mass is 9.92. The van der Waals surface area contributed by atoms with E-state index >= 15 is 0 Å². The summed E-state index contributed by atoms with van der Waals surface area (Å²) in [6, 6.07) is 4.91. The second-order valence-corrected chi connectivity index (χ2v) is 5.88. The fourth-order valence-corrected chi connectivity index (χ4v) is 2.81. The second-order valence-electron chi connectivity index (χ2n) is 5.88. The zero-order valence-corrected chi connectivity index (χ0v) is 15.5. The van der Waals surface area contributed by atoms with Gasteiger partial charge in [0.15, 0.2) is 0 Å². The van der Waals surface area contributed by atoms with Crippen LogP contribution in [0.3, 0.4) is 0 Å². The summed E-state index contributed by atoms with van der Waals surface area (Å²) in [5.74, 6) is -0.249. The van der Waals surface area contributed by atoms with Crippen molar-refractivity contribution >= 4 is 29.3 Å². The number of benzene rings is 1. The Morgan fingerprint density at radius 1 is 1.24 bits per heavy atom. The monoisotopic (exact) mass is 368 g/mol. The molecule has 8 heteroatoms. The van der Waals surface area contributed by atoms with Gasteiger partial charge in [0.1, 0.15) is 0 Å². The molecule has 0 radical (unpaired) electrons. The molecule has 25 heavy (non-hydrogen) atoms. The van der Waals surface area contributed by atoms with Crippen molar-refractivity contribution in [1.82, 2.24) is 14.9 Å². The first-order valence-corrected chi connectivity index (χ1v) is 8.20. The maximum Gasteiger partial charge on any atom is 0.316 e. The molecule has 2 aromatic rings. The first-order chi connectivity index (χ1) is 11.4. The first kappa shape index (κ1) is 20.9. The van der Waals surface area contributed by atoms with E-state index in [1.54, 1.807) is 25.1 Å². The summed E-state index contributed by atoms with van der Waals surface area (Å²) in [5.41, 5.74) is 5.55. The van der Waals surface area contributed by atoms with Gasteiger partial charge in [-0.2, -0.15) is 0 Å². The molecule has 1 amide bonds. The van der Waals surface area contributed by atoms with Crippen LogP contribution >= 0.6 is 12.4 Å². The van der Waals surface area contributed by atoms with E-state index < -0.39 is 16.7 Å². The van der Waals surface area contributed by atoms with Crippen LogP contribution in [0.5, 0.6) is 0 Å². The van der Waals surface area contributed by atoms with Gasteiger partial charge in [0.25, 0.3) is 5.91 Å². The van der Waals surface area contributed by atoms with E-state index in [4.69, 9.17) is 5.73 Å². The molecule has 0 spiro atoms. The van der Waals surface area contributed by atoms with Crippen molar-refractivity contribution in [2.45, 2.75) is 45.7 Å². The summed E-state index contributed by atoms with van der Waals surface area (Å²) < 4.78 is 1.39. The maximum absolute atomic E-state index is 12.6. The van der Waals surface area contributed by atoms with E-state index in [2.05, 4.69) is 10.3 Å². The third-order valence-electron chi connectivity index (χ3n) is 4.68. The highest BCUT2D eigenvalue weighted by atomic mass is 35.5. The minimum atomic E-state index is -0.694. The van der Waals surface area contributed by atoms with Gasteiger partial charge in [-0.3, -0.25) is 14.4 Å². The van der Waals surface area contributed by atoms with Crippen LogP contribution in [0.15, 0.2) is 27.8 Å². The molecule has 0 bridgehead atoms. The number of fused-ring (bicyclic) bond motifs is 1. The lowest BCUT2D eigenvalue weighted by Crippen LogP contribution is -2.52. The predicted octanol–water partition coefficient (Wildman–Crippen LogP) is 1.38. The molecular formula is C17H25ClN4O3. The third-order valence-corrected chi connectivity index (χ3v) is 4.68. The summed E-state index contributed by atoms with van der Waals surface area (Å²) in [6.45, 7) is 6.49. The average Bonchev–Trinajstić information content (AvgIpc) is 2.60. The van der Waals surface area contributed by atoms with Crippen molar-refractivity contribution < 1.29 is 4.79 Å². The minimum Gasteiger partial charge on any atom is -0.345 e. The molecule has 1 aromatic heterocycles. The highest BCUT2D eigenvalue weighted by molar-refractivity contribution is 5.97. The van der Waals surface area contributed by atoms with E-state index in [1.165, 1.54) is 4.57 Å². The second kappa shape index (κ2) is 8.31. The number of nitrogens with two attached hydrogens (primary N) is 1. The molecule has 0 aliphatic carbocycles. The lowest BCUT2D eigenvalue weighted by Gasteiger charge is -2.31. The Hall–Kier alpha value is -2.12. The highest BCUT2D eigenvalue weighted by Crippen LogP contribution is 2.16. The molecule has 7 nitrogen and oxygen atoms in total. The Morgan fingerprint density at radius 2 is 1.88 bits per heavy atom. The largest absolute Gasteiger partial charge is 0.345 e. The number of rotatable bonds is 6. The molecule has 4 N–H and O–H groups in total. The topological polar surface area (TPSA) is 110 Å². The Morgan fingerprint density at radius 3 is 2.40 bits per heavy atom. The van der Waals surface area contributed by atoms with Crippen molar-refractivity contribution in [3.8, 4) is 0 Å². The Balaban J connectivity index is 0.00000312. The summed E-state index contributed by atoms with van der Waals surface area (Å²) in [6.07, 6.45) is 1.46. The Bertz CT molecular complexity index is 860. The van der Waals surface area contributed by atoms with Crippen molar-refractivity contribution in [2.75, 3.05) is 6.54 Å². The van der Waals surface area contributed by atoms with E-state index in [-0.39, 0.29) is 18.3 Å². The van der Waals surface area contributed by atoms with Crippen molar-refractivity contribution in [3.05, 3.63) is 44.5 Å². The maximum atomic E-state index is 12.6. The predicted molar refractivity (Wildman–Crippen MR) is 102 cm³/mol. The van der Waals surface area contributed by atoms with Crippen LogP contribution in [0.2, 0.25) is 0 Å². The van der Waals surface area contributed by atoms with Crippen molar-refractivity contribution in [2.24, 2.45) is 5.73 Å². The molecule has 1 aromatic carbocycles. The molecule has 0 aliphatic heterocycles. The molecule has 138 valence electrons.